The number of hydrogen-bond acceptors (Lipinski definition) is 3. The first-order chi connectivity index (χ1) is 11.6. The van der Waals surface area contributed by atoms with E-state index in [0.29, 0.717) is 24.4 Å². The molecule has 0 fully saturated rings. The maximum absolute atomic E-state index is 13.0. The molecule has 0 saturated heterocycles. The Kier molecular flexibility index (Phi) is 8.03. The summed E-state index contributed by atoms with van der Waals surface area (Å²) in [7, 11) is 1.72. The van der Waals surface area contributed by atoms with E-state index in [2.05, 4.69) is 5.32 Å². The highest BCUT2D eigenvalue weighted by Gasteiger charge is 2.27. The first-order valence-corrected chi connectivity index (χ1v) is 8.70. The lowest BCUT2D eigenvalue weighted by Crippen LogP contribution is -2.50. The third kappa shape index (κ3) is 6.46. The molecule has 2 amide bonds. The highest BCUT2D eigenvalue weighted by Crippen LogP contribution is 2.10. The Morgan fingerprint density at radius 3 is 2.16 bits per heavy atom. The van der Waals surface area contributed by atoms with Gasteiger partial charge in [0.25, 0.3) is 5.91 Å². The lowest BCUT2D eigenvalue weighted by atomic mass is 10.00. The van der Waals surface area contributed by atoms with Crippen LogP contribution in [-0.2, 0) is 4.79 Å². The minimum atomic E-state index is -0.641. The van der Waals surface area contributed by atoms with Crippen molar-refractivity contribution in [2.75, 3.05) is 13.6 Å². The molecular formula is C19H30FN3O2. The van der Waals surface area contributed by atoms with E-state index in [-0.39, 0.29) is 23.8 Å². The second kappa shape index (κ2) is 9.51. The molecule has 0 spiro atoms. The average molecular weight is 351 g/mol. The number of nitrogens with zero attached hydrogens (tertiary/aromatic N) is 1. The van der Waals surface area contributed by atoms with Crippen molar-refractivity contribution in [1.29, 1.82) is 0 Å². The Balaban J connectivity index is 2.73. The van der Waals surface area contributed by atoms with Crippen molar-refractivity contribution < 1.29 is 14.0 Å². The molecule has 0 radical (unpaired) electrons. The number of nitrogens with two attached hydrogens (primary N) is 1. The summed E-state index contributed by atoms with van der Waals surface area (Å²) in [5.41, 5.74) is 6.35. The van der Waals surface area contributed by atoms with E-state index in [1.54, 1.807) is 11.9 Å². The average Bonchev–Trinajstić information content (AvgIpc) is 2.56. The van der Waals surface area contributed by atoms with Gasteiger partial charge in [-0.1, -0.05) is 27.7 Å². The van der Waals surface area contributed by atoms with E-state index in [1.165, 1.54) is 24.3 Å². The normalized spacial score (nSPS) is 13.6. The number of halogens is 1. The molecule has 3 N–H and O–H groups in total. The number of rotatable bonds is 8. The minimum absolute atomic E-state index is 0.0292. The quantitative estimate of drug-likeness (QED) is 0.755. The van der Waals surface area contributed by atoms with Gasteiger partial charge in [0.15, 0.2) is 0 Å². The number of amides is 2. The number of likely N-dealkylation sites (N-methyl/N-ethyl adjacent to an activating group) is 1. The van der Waals surface area contributed by atoms with Crippen LogP contribution in [0, 0.1) is 17.7 Å². The summed E-state index contributed by atoms with van der Waals surface area (Å²) < 4.78 is 13.0. The summed E-state index contributed by atoms with van der Waals surface area (Å²) in [6.45, 7) is 8.38. The summed E-state index contributed by atoms with van der Waals surface area (Å²) in [4.78, 5) is 26.6. The standard InChI is InChI=1S/C19H30FN3O2/c1-12(2)16(21)10-11-23(5)19(25)17(13(3)4)22-18(24)14-6-8-15(20)9-7-14/h6-9,12-13,16-17H,10-11,21H2,1-5H3,(H,22,24). The SMILES string of the molecule is CC(C)C(N)CCN(C)C(=O)C(NC(=O)c1ccc(F)cc1)C(C)C. The zero-order chi connectivity index (χ0) is 19.1. The van der Waals surface area contributed by atoms with Crippen molar-refractivity contribution in [3.8, 4) is 0 Å². The van der Waals surface area contributed by atoms with Crippen molar-refractivity contribution in [3.63, 3.8) is 0 Å². The molecule has 2 unspecified atom stereocenters. The fourth-order valence-corrected chi connectivity index (χ4v) is 2.36. The van der Waals surface area contributed by atoms with E-state index < -0.39 is 11.9 Å². The zero-order valence-electron chi connectivity index (χ0n) is 15.8. The van der Waals surface area contributed by atoms with Gasteiger partial charge in [0, 0.05) is 25.2 Å². The van der Waals surface area contributed by atoms with Gasteiger partial charge in [-0.3, -0.25) is 9.59 Å². The predicted molar refractivity (Wildman–Crippen MR) is 97.6 cm³/mol. The Morgan fingerprint density at radius 2 is 1.68 bits per heavy atom. The van der Waals surface area contributed by atoms with Gasteiger partial charge in [0.2, 0.25) is 5.91 Å². The molecular weight excluding hydrogens is 321 g/mol. The Bertz CT molecular complexity index is 573. The Labute approximate surface area is 149 Å². The highest BCUT2D eigenvalue weighted by atomic mass is 19.1. The molecule has 0 aliphatic heterocycles. The van der Waals surface area contributed by atoms with Crippen molar-refractivity contribution in [2.24, 2.45) is 17.6 Å². The van der Waals surface area contributed by atoms with Gasteiger partial charge in [-0.05, 0) is 42.5 Å². The number of carbonyl (C=O) groups excluding carboxylic acids is 2. The molecule has 0 bridgehead atoms. The van der Waals surface area contributed by atoms with Crippen LogP contribution in [-0.4, -0.2) is 42.4 Å². The van der Waals surface area contributed by atoms with Crippen LogP contribution in [0.1, 0.15) is 44.5 Å². The highest BCUT2D eigenvalue weighted by molar-refractivity contribution is 5.97. The molecule has 0 aromatic heterocycles. The number of benzene rings is 1. The summed E-state index contributed by atoms with van der Waals surface area (Å²) >= 11 is 0. The second-order valence-corrected chi connectivity index (χ2v) is 7.16. The maximum Gasteiger partial charge on any atom is 0.251 e. The predicted octanol–water partition coefficient (Wildman–Crippen LogP) is 2.41. The van der Waals surface area contributed by atoms with Gasteiger partial charge >= 0.3 is 0 Å². The first kappa shape index (κ1) is 21.1. The molecule has 140 valence electrons. The fraction of sp³-hybridized carbons (Fsp3) is 0.579. The zero-order valence-corrected chi connectivity index (χ0v) is 15.8. The minimum Gasteiger partial charge on any atom is -0.344 e. The van der Waals surface area contributed by atoms with E-state index in [9.17, 15) is 14.0 Å². The van der Waals surface area contributed by atoms with Crippen LogP contribution in [0.15, 0.2) is 24.3 Å². The van der Waals surface area contributed by atoms with Gasteiger partial charge in [-0.15, -0.1) is 0 Å². The summed E-state index contributed by atoms with van der Waals surface area (Å²) in [6, 6.07) is 4.64. The van der Waals surface area contributed by atoms with Gasteiger partial charge < -0.3 is 16.0 Å². The van der Waals surface area contributed by atoms with Crippen molar-refractivity contribution in [3.05, 3.63) is 35.6 Å². The van der Waals surface area contributed by atoms with Crippen LogP contribution in [0.2, 0.25) is 0 Å². The smallest absolute Gasteiger partial charge is 0.251 e. The fourth-order valence-electron chi connectivity index (χ4n) is 2.36. The molecule has 1 rings (SSSR count). The molecule has 2 atom stereocenters. The molecule has 6 heteroatoms. The van der Waals surface area contributed by atoms with Crippen LogP contribution in [0.3, 0.4) is 0 Å². The maximum atomic E-state index is 13.0. The molecule has 5 nitrogen and oxygen atoms in total. The number of hydrogen-bond donors (Lipinski definition) is 2. The van der Waals surface area contributed by atoms with Crippen LogP contribution in [0.5, 0.6) is 0 Å². The van der Waals surface area contributed by atoms with Gasteiger partial charge in [0.1, 0.15) is 11.9 Å². The van der Waals surface area contributed by atoms with Gasteiger partial charge in [-0.2, -0.15) is 0 Å². The van der Waals surface area contributed by atoms with Gasteiger partial charge in [-0.25, -0.2) is 4.39 Å². The van der Waals surface area contributed by atoms with Crippen LogP contribution in [0.4, 0.5) is 4.39 Å². The van der Waals surface area contributed by atoms with Crippen molar-refractivity contribution >= 4 is 11.8 Å². The van der Waals surface area contributed by atoms with E-state index in [0.717, 1.165) is 0 Å². The molecule has 0 saturated carbocycles. The third-order valence-corrected chi connectivity index (χ3v) is 4.36. The lowest BCUT2D eigenvalue weighted by Gasteiger charge is -2.28. The van der Waals surface area contributed by atoms with Crippen LogP contribution >= 0.6 is 0 Å². The summed E-state index contributed by atoms with van der Waals surface area (Å²) in [5.74, 6) is -0.671. The Hall–Kier alpha value is -1.95. The first-order valence-electron chi connectivity index (χ1n) is 8.70. The molecule has 0 aliphatic rings. The lowest BCUT2D eigenvalue weighted by molar-refractivity contribution is -0.133. The van der Waals surface area contributed by atoms with E-state index in [4.69, 9.17) is 5.73 Å². The van der Waals surface area contributed by atoms with Crippen molar-refractivity contribution in [2.45, 2.75) is 46.2 Å². The topological polar surface area (TPSA) is 75.4 Å². The molecule has 0 heterocycles. The molecule has 1 aromatic rings. The molecule has 25 heavy (non-hydrogen) atoms. The second-order valence-electron chi connectivity index (χ2n) is 7.16. The number of carbonyl (C=O) groups is 2. The van der Waals surface area contributed by atoms with E-state index in [1.807, 2.05) is 27.7 Å². The van der Waals surface area contributed by atoms with Crippen molar-refractivity contribution in [1.82, 2.24) is 10.2 Å². The molecule has 0 aliphatic carbocycles. The third-order valence-electron chi connectivity index (χ3n) is 4.36. The monoisotopic (exact) mass is 351 g/mol. The Morgan fingerprint density at radius 1 is 1.12 bits per heavy atom. The van der Waals surface area contributed by atoms with E-state index >= 15 is 0 Å². The van der Waals surface area contributed by atoms with Crippen LogP contribution in [0.25, 0.3) is 0 Å². The number of nitrogens with one attached hydrogen (secondary N) is 1. The molecule has 1 aromatic carbocycles. The van der Waals surface area contributed by atoms with Crippen LogP contribution < -0.4 is 11.1 Å². The largest absolute Gasteiger partial charge is 0.344 e. The van der Waals surface area contributed by atoms with Gasteiger partial charge in [0.05, 0.1) is 0 Å². The summed E-state index contributed by atoms with van der Waals surface area (Å²) in [6.07, 6.45) is 0.705. The summed E-state index contributed by atoms with van der Waals surface area (Å²) in [5, 5.41) is 2.76.